The lowest BCUT2D eigenvalue weighted by Gasteiger charge is -2.34. The molecule has 0 atom stereocenters. The fourth-order valence-electron chi connectivity index (χ4n) is 3.37. The van der Waals surface area contributed by atoms with Crippen LogP contribution in [0.25, 0.3) is 0 Å². The van der Waals surface area contributed by atoms with Gasteiger partial charge in [-0.05, 0) is 42.0 Å². The third-order valence-electron chi connectivity index (χ3n) is 4.91. The minimum Gasteiger partial charge on any atom is -0.486 e. The van der Waals surface area contributed by atoms with Gasteiger partial charge in [-0.3, -0.25) is 9.69 Å². The molecule has 2 aromatic carbocycles. The first-order valence-electron chi connectivity index (χ1n) is 9.44. The molecule has 28 heavy (non-hydrogen) atoms. The molecule has 0 spiro atoms. The maximum atomic E-state index is 12.4. The van der Waals surface area contributed by atoms with Crippen molar-refractivity contribution in [2.24, 2.45) is 0 Å². The highest BCUT2D eigenvalue weighted by Crippen LogP contribution is 2.31. The summed E-state index contributed by atoms with van der Waals surface area (Å²) in [5.41, 5.74) is 1.20. The van der Waals surface area contributed by atoms with Gasteiger partial charge in [0, 0.05) is 37.2 Å². The van der Waals surface area contributed by atoms with Crippen molar-refractivity contribution in [3.05, 3.63) is 52.5 Å². The molecular weight excluding hydrogens is 424 g/mol. The summed E-state index contributed by atoms with van der Waals surface area (Å²) in [4.78, 5) is 16.6. The van der Waals surface area contributed by atoms with Gasteiger partial charge < -0.3 is 19.1 Å². The Bertz CT molecular complexity index is 820. The Hall–Kier alpha value is -2.25. The van der Waals surface area contributed by atoms with Crippen LogP contribution in [0, 0.1) is 0 Å². The SMILES string of the molecule is O=C(COc1ccc(Br)cc1)N1CCN(Cc2ccc3c(c2)OCCO3)CC1. The van der Waals surface area contributed by atoms with Gasteiger partial charge in [-0.25, -0.2) is 0 Å². The van der Waals surface area contributed by atoms with Crippen LogP contribution in [0.15, 0.2) is 46.9 Å². The second kappa shape index (κ2) is 8.84. The number of halogens is 1. The van der Waals surface area contributed by atoms with Crippen LogP contribution in [0.1, 0.15) is 5.56 Å². The van der Waals surface area contributed by atoms with Crippen molar-refractivity contribution >= 4 is 21.8 Å². The van der Waals surface area contributed by atoms with Crippen molar-refractivity contribution in [1.82, 2.24) is 9.80 Å². The molecule has 0 bridgehead atoms. The van der Waals surface area contributed by atoms with Crippen LogP contribution >= 0.6 is 15.9 Å². The van der Waals surface area contributed by atoms with E-state index in [9.17, 15) is 4.79 Å². The normalized spacial score (nSPS) is 16.7. The molecule has 2 aliphatic heterocycles. The van der Waals surface area contributed by atoms with E-state index in [2.05, 4.69) is 33.0 Å². The van der Waals surface area contributed by atoms with Gasteiger partial charge in [0.15, 0.2) is 18.1 Å². The molecule has 1 fully saturated rings. The van der Waals surface area contributed by atoms with Crippen molar-refractivity contribution in [3.63, 3.8) is 0 Å². The van der Waals surface area contributed by atoms with Gasteiger partial charge in [0.25, 0.3) is 5.91 Å². The highest BCUT2D eigenvalue weighted by molar-refractivity contribution is 9.10. The molecule has 4 rings (SSSR count). The van der Waals surface area contributed by atoms with E-state index in [-0.39, 0.29) is 12.5 Å². The summed E-state index contributed by atoms with van der Waals surface area (Å²) in [5.74, 6) is 2.37. The van der Waals surface area contributed by atoms with E-state index in [1.807, 2.05) is 35.2 Å². The monoisotopic (exact) mass is 446 g/mol. The lowest BCUT2D eigenvalue weighted by molar-refractivity contribution is -0.135. The van der Waals surface area contributed by atoms with Gasteiger partial charge in [0.2, 0.25) is 0 Å². The van der Waals surface area contributed by atoms with Crippen molar-refractivity contribution in [1.29, 1.82) is 0 Å². The molecule has 0 aliphatic carbocycles. The van der Waals surface area contributed by atoms with E-state index in [0.717, 1.165) is 35.6 Å². The first-order valence-corrected chi connectivity index (χ1v) is 10.2. The van der Waals surface area contributed by atoms with E-state index >= 15 is 0 Å². The van der Waals surface area contributed by atoms with E-state index in [1.165, 1.54) is 5.56 Å². The van der Waals surface area contributed by atoms with Crippen LogP contribution in [0.4, 0.5) is 0 Å². The number of ether oxygens (including phenoxy) is 3. The largest absolute Gasteiger partial charge is 0.486 e. The van der Waals surface area contributed by atoms with E-state index in [1.54, 1.807) is 0 Å². The summed E-state index contributed by atoms with van der Waals surface area (Å²) < 4.78 is 17.8. The highest BCUT2D eigenvalue weighted by atomic mass is 79.9. The van der Waals surface area contributed by atoms with Gasteiger partial charge >= 0.3 is 0 Å². The zero-order chi connectivity index (χ0) is 19.3. The number of benzene rings is 2. The minimum atomic E-state index is 0.0295. The Labute approximate surface area is 173 Å². The van der Waals surface area contributed by atoms with Crippen molar-refractivity contribution in [2.75, 3.05) is 46.0 Å². The molecule has 0 radical (unpaired) electrons. The van der Waals surface area contributed by atoms with Gasteiger partial charge in [0.05, 0.1) is 0 Å². The maximum absolute atomic E-state index is 12.4. The smallest absolute Gasteiger partial charge is 0.260 e. The maximum Gasteiger partial charge on any atom is 0.260 e. The Balaban J connectivity index is 1.24. The number of piperazine rings is 1. The molecule has 2 heterocycles. The van der Waals surface area contributed by atoms with Crippen molar-refractivity contribution in [3.8, 4) is 17.2 Å². The third kappa shape index (κ3) is 4.77. The molecule has 2 aliphatic rings. The Kier molecular flexibility index (Phi) is 6.02. The molecule has 1 amide bonds. The molecule has 1 saturated heterocycles. The number of carbonyl (C=O) groups excluding carboxylic acids is 1. The predicted octanol–water partition coefficient (Wildman–Crippen LogP) is 2.94. The Morgan fingerprint density at radius 1 is 0.964 bits per heavy atom. The minimum absolute atomic E-state index is 0.0295. The topological polar surface area (TPSA) is 51.2 Å². The number of carbonyl (C=O) groups is 1. The van der Waals surface area contributed by atoms with E-state index < -0.39 is 0 Å². The van der Waals surface area contributed by atoms with E-state index in [0.29, 0.717) is 32.1 Å². The quantitative estimate of drug-likeness (QED) is 0.706. The molecule has 0 N–H and O–H groups in total. The summed E-state index contributed by atoms with van der Waals surface area (Å²) in [5, 5.41) is 0. The summed E-state index contributed by atoms with van der Waals surface area (Å²) in [7, 11) is 0. The number of rotatable bonds is 5. The summed E-state index contributed by atoms with van der Waals surface area (Å²) in [6.07, 6.45) is 0. The van der Waals surface area contributed by atoms with Gasteiger partial charge in [-0.15, -0.1) is 0 Å². The zero-order valence-electron chi connectivity index (χ0n) is 15.6. The number of amides is 1. The molecule has 7 heteroatoms. The molecule has 0 saturated carbocycles. The van der Waals surface area contributed by atoms with Crippen LogP contribution in [-0.2, 0) is 11.3 Å². The fourth-order valence-corrected chi connectivity index (χ4v) is 3.63. The molecule has 6 nitrogen and oxygen atoms in total. The number of nitrogens with zero attached hydrogens (tertiary/aromatic N) is 2. The summed E-state index contributed by atoms with van der Waals surface area (Å²) in [6, 6.07) is 13.6. The van der Waals surface area contributed by atoms with Gasteiger partial charge in [0.1, 0.15) is 19.0 Å². The number of fused-ring (bicyclic) bond motifs is 1. The van der Waals surface area contributed by atoms with Gasteiger partial charge in [-0.1, -0.05) is 22.0 Å². The average molecular weight is 447 g/mol. The molecule has 0 unspecified atom stereocenters. The zero-order valence-corrected chi connectivity index (χ0v) is 17.2. The molecule has 0 aromatic heterocycles. The third-order valence-corrected chi connectivity index (χ3v) is 5.44. The average Bonchev–Trinajstić information content (AvgIpc) is 2.73. The first-order chi connectivity index (χ1) is 13.7. The molecule has 2 aromatic rings. The van der Waals surface area contributed by atoms with Crippen LogP contribution in [0.5, 0.6) is 17.2 Å². The van der Waals surface area contributed by atoms with Crippen molar-refractivity contribution < 1.29 is 19.0 Å². The highest BCUT2D eigenvalue weighted by Gasteiger charge is 2.22. The lowest BCUT2D eigenvalue weighted by atomic mass is 10.1. The second-order valence-corrected chi connectivity index (χ2v) is 7.79. The number of hydrogen-bond acceptors (Lipinski definition) is 5. The summed E-state index contributed by atoms with van der Waals surface area (Å²) in [6.45, 7) is 5.24. The first kappa shape index (κ1) is 19.1. The van der Waals surface area contributed by atoms with E-state index in [4.69, 9.17) is 14.2 Å². The fraction of sp³-hybridized carbons (Fsp3) is 0.381. The Morgan fingerprint density at radius 2 is 1.68 bits per heavy atom. The van der Waals surface area contributed by atoms with Crippen LogP contribution in [-0.4, -0.2) is 61.7 Å². The van der Waals surface area contributed by atoms with Gasteiger partial charge in [-0.2, -0.15) is 0 Å². The van der Waals surface area contributed by atoms with Crippen LogP contribution in [0.2, 0.25) is 0 Å². The molecular formula is C21H23BrN2O4. The number of hydrogen-bond donors (Lipinski definition) is 0. The standard InChI is InChI=1S/C21H23BrN2O4/c22-17-2-4-18(5-3-17)28-15-21(25)24-9-7-23(8-10-24)14-16-1-6-19-20(13-16)27-12-11-26-19/h1-6,13H,7-12,14-15H2. The van der Waals surface area contributed by atoms with Crippen LogP contribution < -0.4 is 14.2 Å². The summed E-state index contributed by atoms with van der Waals surface area (Å²) >= 11 is 3.39. The lowest BCUT2D eigenvalue weighted by Crippen LogP contribution is -2.49. The van der Waals surface area contributed by atoms with Crippen LogP contribution in [0.3, 0.4) is 0 Å². The second-order valence-electron chi connectivity index (χ2n) is 6.88. The van der Waals surface area contributed by atoms with Crippen molar-refractivity contribution in [2.45, 2.75) is 6.54 Å². The molecule has 148 valence electrons. The predicted molar refractivity (Wildman–Crippen MR) is 109 cm³/mol. The Morgan fingerprint density at radius 3 is 2.43 bits per heavy atom.